The third-order valence-corrected chi connectivity index (χ3v) is 5.33. The van der Waals surface area contributed by atoms with Crippen LogP contribution in [0.4, 0.5) is 0 Å². The molecule has 142 valence electrons. The van der Waals surface area contributed by atoms with Crippen molar-refractivity contribution in [3.63, 3.8) is 0 Å². The molecule has 0 spiro atoms. The van der Waals surface area contributed by atoms with Gasteiger partial charge in [0, 0.05) is 18.1 Å². The average molecular weight is 378 g/mol. The Morgan fingerprint density at radius 2 is 2.08 bits per heavy atom. The number of nitrogens with zero attached hydrogens (tertiary/aromatic N) is 2. The lowest BCUT2D eigenvalue weighted by Gasteiger charge is -2.37. The predicted molar refractivity (Wildman–Crippen MR) is 104 cm³/mol. The van der Waals surface area contributed by atoms with E-state index in [4.69, 9.17) is 21.7 Å². The van der Waals surface area contributed by atoms with Crippen LogP contribution in [-0.4, -0.2) is 47.5 Å². The number of aliphatic hydroxyl groups is 1. The maximum absolute atomic E-state index is 13.2. The molecule has 1 aliphatic heterocycles. The van der Waals surface area contributed by atoms with Gasteiger partial charge in [0.05, 0.1) is 19.0 Å². The number of carbonyl (C=O) groups is 1. The highest BCUT2D eigenvalue weighted by Gasteiger charge is 2.52. The lowest BCUT2D eigenvalue weighted by Crippen LogP contribution is -2.52. The van der Waals surface area contributed by atoms with Gasteiger partial charge in [-0.1, -0.05) is 37.6 Å². The fourth-order valence-corrected chi connectivity index (χ4v) is 3.96. The Labute approximate surface area is 160 Å². The van der Waals surface area contributed by atoms with Crippen LogP contribution < -0.4 is 5.32 Å². The third kappa shape index (κ3) is 4.04. The minimum Gasteiger partial charge on any atom is -0.395 e. The second kappa shape index (κ2) is 7.97. The summed E-state index contributed by atoms with van der Waals surface area (Å²) in [5, 5.41) is 12.7. The van der Waals surface area contributed by atoms with Crippen LogP contribution in [0, 0.1) is 11.8 Å². The first-order valence-electron chi connectivity index (χ1n) is 9.42. The Morgan fingerprint density at radius 1 is 1.38 bits per heavy atom. The van der Waals surface area contributed by atoms with Gasteiger partial charge in [0.15, 0.2) is 5.54 Å². The first-order valence-corrected chi connectivity index (χ1v) is 9.80. The highest BCUT2D eigenvalue weighted by atomic mass is 35.5. The summed E-state index contributed by atoms with van der Waals surface area (Å²) in [5.41, 5.74) is 0.166. The topological polar surface area (TPSA) is 64.9 Å². The number of amides is 1. The largest absolute Gasteiger partial charge is 0.395 e. The molecule has 1 aliphatic carbocycles. The smallest absolute Gasteiger partial charge is 0.250 e. The summed E-state index contributed by atoms with van der Waals surface area (Å²) < 4.78 is 0. The third-order valence-electron chi connectivity index (χ3n) is 5.08. The molecule has 2 atom stereocenters. The summed E-state index contributed by atoms with van der Waals surface area (Å²) in [6, 6.07) is 7.58. The van der Waals surface area contributed by atoms with Gasteiger partial charge in [0.2, 0.25) is 0 Å². The zero-order valence-corrected chi connectivity index (χ0v) is 16.2. The summed E-state index contributed by atoms with van der Waals surface area (Å²) in [5.74, 6) is 0.879. The highest BCUT2D eigenvalue weighted by Crippen LogP contribution is 2.45. The molecule has 0 aromatic heterocycles. The Kier molecular flexibility index (Phi) is 5.88. The summed E-state index contributed by atoms with van der Waals surface area (Å²) >= 11 is 6.08. The van der Waals surface area contributed by atoms with Gasteiger partial charge in [0.1, 0.15) is 0 Å². The fourth-order valence-electron chi connectivity index (χ4n) is 3.84. The summed E-state index contributed by atoms with van der Waals surface area (Å²) in [6.45, 7) is 5.30. The maximum atomic E-state index is 13.2. The van der Waals surface area contributed by atoms with Crippen LogP contribution >= 0.6 is 11.6 Å². The van der Waals surface area contributed by atoms with E-state index in [1.165, 1.54) is 12.8 Å². The molecule has 1 saturated carbocycles. The van der Waals surface area contributed by atoms with Gasteiger partial charge < -0.3 is 15.3 Å². The van der Waals surface area contributed by atoms with Crippen molar-refractivity contribution in [3.8, 4) is 0 Å². The molecule has 1 aromatic rings. The molecule has 5 nitrogen and oxygen atoms in total. The van der Waals surface area contributed by atoms with E-state index >= 15 is 0 Å². The Morgan fingerprint density at radius 3 is 2.65 bits per heavy atom. The number of rotatable bonds is 8. The van der Waals surface area contributed by atoms with Crippen molar-refractivity contribution in [3.05, 3.63) is 34.9 Å². The lowest BCUT2D eigenvalue weighted by atomic mass is 9.78. The molecule has 2 aliphatic rings. The number of halogens is 1. The number of aliphatic hydroxyl groups excluding tert-OH is 1. The second-order valence-corrected chi connectivity index (χ2v) is 8.28. The van der Waals surface area contributed by atoms with Gasteiger partial charge in [-0.3, -0.25) is 9.79 Å². The summed E-state index contributed by atoms with van der Waals surface area (Å²) in [7, 11) is 0. The van der Waals surface area contributed by atoms with Crippen molar-refractivity contribution < 1.29 is 9.90 Å². The molecule has 0 saturated heterocycles. The van der Waals surface area contributed by atoms with Crippen molar-refractivity contribution in [1.29, 1.82) is 0 Å². The van der Waals surface area contributed by atoms with E-state index in [1.807, 2.05) is 30.6 Å². The number of aliphatic imine (C=N–C) groups is 1. The monoisotopic (exact) mass is 377 g/mol. The van der Waals surface area contributed by atoms with Crippen molar-refractivity contribution >= 4 is 23.8 Å². The Bertz CT molecular complexity index is 658. The average Bonchev–Trinajstić information content (AvgIpc) is 3.35. The van der Waals surface area contributed by atoms with Gasteiger partial charge in [-0.2, -0.15) is 0 Å². The van der Waals surface area contributed by atoms with Gasteiger partial charge in [-0.05, 0) is 48.8 Å². The quantitative estimate of drug-likeness (QED) is 0.731. The van der Waals surface area contributed by atoms with E-state index in [0.29, 0.717) is 23.3 Å². The Balaban J connectivity index is 1.98. The van der Waals surface area contributed by atoms with Crippen LogP contribution in [0.5, 0.6) is 0 Å². The number of carbonyl (C=O) groups excluding carboxylic acids is 1. The van der Waals surface area contributed by atoms with Crippen LogP contribution in [0.3, 0.4) is 0 Å². The molecular formula is C20H28ClN3O2. The molecule has 6 heteroatoms. The molecule has 0 unspecified atom stereocenters. The molecule has 2 N–H and O–H groups in total. The minimum atomic E-state index is -0.883. The SMILES string of the molecule is CC(C)C[C@@]1(C(=O)NCCO)N=CN(CC2CC2)[C@H]1c1ccc(Cl)cc1. The van der Waals surface area contributed by atoms with E-state index in [2.05, 4.69) is 24.1 Å². The first kappa shape index (κ1) is 19.2. The molecule has 1 fully saturated rings. The molecule has 1 heterocycles. The van der Waals surface area contributed by atoms with Crippen molar-refractivity contribution in [1.82, 2.24) is 10.2 Å². The van der Waals surface area contributed by atoms with Gasteiger partial charge in [-0.25, -0.2) is 0 Å². The van der Waals surface area contributed by atoms with Crippen LogP contribution in [0.15, 0.2) is 29.3 Å². The van der Waals surface area contributed by atoms with Crippen molar-refractivity contribution in [2.45, 2.75) is 44.7 Å². The fraction of sp³-hybridized carbons (Fsp3) is 0.600. The van der Waals surface area contributed by atoms with E-state index in [9.17, 15) is 4.79 Å². The number of benzene rings is 1. The number of hydrogen-bond donors (Lipinski definition) is 2. The van der Waals surface area contributed by atoms with Crippen LogP contribution in [0.25, 0.3) is 0 Å². The van der Waals surface area contributed by atoms with Crippen LogP contribution in [0.2, 0.25) is 5.02 Å². The molecule has 26 heavy (non-hydrogen) atoms. The zero-order valence-electron chi connectivity index (χ0n) is 15.5. The predicted octanol–water partition coefficient (Wildman–Crippen LogP) is 3.03. The lowest BCUT2D eigenvalue weighted by molar-refractivity contribution is -0.128. The van der Waals surface area contributed by atoms with Crippen molar-refractivity contribution in [2.75, 3.05) is 19.7 Å². The van der Waals surface area contributed by atoms with E-state index in [0.717, 1.165) is 12.1 Å². The van der Waals surface area contributed by atoms with Gasteiger partial charge >= 0.3 is 0 Å². The number of nitrogens with one attached hydrogen (secondary N) is 1. The van der Waals surface area contributed by atoms with E-state index in [-0.39, 0.29) is 25.1 Å². The first-order chi connectivity index (χ1) is 12.5. The normalized spacial score (nSPS) is 25.1. The molecular weight excluding hydrogens is 350 g/mol. The summed E-state index contributed by atoms with van der Waals surface area (Å²) in [4.78, 5) is 20.2. The van der Waals surface area contributed by atoms with Gasteiger partial charge in [-0.15, -0.1) is 0 Å². The number of hydrogen-bond acceptors (Lipinski definition) is 4. The summed E-state index contributed by atoms with van der Waals surface area (Å²) in [6.07, 6.45) is 4.99. The molecule has 0 radical (unpaired) electrons. The van der Waals surface area contributed by atoms with Crippen LogP contribution in [-0.2, 0) is 4.79 Å². The molecule has 0 bridgehead atoms. The second-order valence-electron chi connectivity index (χ2n) is 7.84. The van der Waals surface area contributed by atoms with Gasteiger partial charge in [0.25, 0.3) is 5.91 Å². The molecule has 1 aromatic carbocycles. The zero-order chi connectivity index (χ0) is 18.7. The maximum Gasteiger partial charge on any atom is 0.250 e. The molecule has 3 rings (SSSR count). The molecule has 1 amide bonds. The minimum absolute atomic E-state index is 0.0788. The standard InChI is InChI=1S/C20H28ClN3O2/c1-14(2)11-20(19(26)22-9-10-25)18(16-5-7-17(21)8-6-16)24(13-23-20)12-15-3-4-15/h5-8,13-15,18,25H,3-4,9-12H2,1-2H3,(H,22,26)/t18-,20+/m0/s1. The Hall–Kier alpha value is -1.59. The highest BCUT2D eigenvalue weighted by molar-refractivity contribution is 6.30. The van der Waals surface area contributed by atoms with Crippen LogP contribution in [0.1, 0.15) is 44.7 Å². The van der Waals surface area contributed by atoms with E-state index in [1.54, 1.807) is 0 Å². The van der Waals surface area contributed by atoms with E-state index < -0.39 is 5.54 Å². The van der Waals surface area contributed by atoms with Crippen molar-refractivity contribution in [2.24, 2.45) is 16.8 Å².